The molecular weight excluding hydrogens is 178 g/mol. The molecule has 2 unspecified atom stereocenters. The van der Waals surface area contributed by atoms with E-state index >= 15 is 0 Å². The van der Waals surface area contributed by atoms with Gasteiger partial charge in [0.25, 0.3) is 0 Å². The molecule has 0 fully saturated rings. The van der Waals surface area contributed by atoms with Crippen LogP contribution in [0.2, 0.25) is 0 Å². The SMILES string of the molecule is COC(=O)C1CC/C=C/CCC1CN. The third-order valence-electron chi connectivity index (χ3n) is 2.89. The van der Waals surface area contributed by atoms with Gasteiger partial charge in [-0.2, -0.15) is 0 Å². The summed E-state index contributed by atoms with van der Waals surface area (Å²) in [4.78, 5) is 11.5. The standard InChI is InChI=1S/C11H19NO2/c1-14-11(13)10-7-5-3-2-4-6-9(10)8-12/h2-3,9-10H,4-8,12H2,1H3/b3-2+. The van der Waals surface area contributed by atoms with Gasteiger partial charge in [-0.3, -0.25) is 4.79 Å². The van der Waals surface area contributed by atoms with Crippen molar-refractivity contribution in [3.63, 3.8) is 0 Å². The van der Waals surface area contributed by atoms with Crippen molar-refractivity contribution in [3.05, 3.63) is 12.2 Å². The first-order chi connectivity index (χ1) is 6.79. The minimum atomic E-state index is -0.101. The van der Waals surface area contributed by atoms with Crippen molar-refractivity contribution in [2.24, 2.45) is 17.6 Å². The molecule has 0 radical (unpaired) electrons. The van der Waals surface area contributed by atoms with Crippen LogP contribution < -0.4 is 5.73 Å². The first kappa shape index (κ1) is 11.2. The summed E-state index contributed by atoms with van der Waals surface area (Å²) in [6, 6.07) is 0. The molecule has 3 heteroatoms. The molecule has 0 spiro atoms. The molecule has 0 aliphatic heterocycles. The van der Waals surface area contributed by atoms with Crippen LogP contribution in [0.15, 0.2) is 12.2 Å². The maximum atomic E-state index is 11.5. The summed E-state index contributed by atoms with van der Waals surface area (Å²) >= 11 is 0. The van der Waals surface area contributed by atoms with E-state index in [0.29, 0.717) is 6.54 Å². The molecule has 3 nitrogen and oxygen atoms in total. The number of carbonyl (C=O) groups is 1. The van der Waals surface area contributed by atoms with Crippen molar-refractivity contribution in [3.8, 4) is 0 Å². The van der Waals surface area contributed by atoms with Gasteiger partial charge in [0.2, 0.25) is 0 Å². The molecule has 0 aromatic heterocycles. The van der Waals surface area contributed by atoms with Gasteiger partial charge in [0, 0.05) is 0 Å². The Labute approximate surface area is 85.3 Å². The second-order valence-electron chi connectivity index (χ2n) is 3.75. The lowest BCUT2D eigenvalue weighted by Crippen LogP contribution is -2.30. The Morgan fingerprint density at radius 1 is 1.43 bits per heavy atom. The predicted molar refractivity (Wildman–Crippen MR) is 55.7 cm³/mol. The molecule has 1 rings (SSSR count). The third kappa shape index (κ3) is 2.84. The normalized spacial score (nSPS) is 30.1. The van der Waals surface area contributed by atoms with Gasteiger partial charge in [0.05, 0.1) is 13.0 Å². The highest BCUT2D eigenvalue weighted by atomic mass is 16.5. The summed E-state index contributed by atoms with van der Waals surface area (Å²) in [6.07, 6.45) is 8.16. The van der Waals surface area contributed by atoms with Crippen LogP contribution in [-0.4, -0.2) is 19.6 Å². The highest BCUT2D eigenvalue weighted by Gasteiger charge is 2.27. The van der Waals surface area contributed by atoms with E-state index in [1.165, 1.54) is 7.11 Å². The molecule has 0 saturated heterocycles. The molecule has 0 heterocycles. The molecule has 2 atom stereocenters. The number of hydrogen-bond acceptors (Lipinski definition) is 3. The Kier molecular flexibility index (Phi) is 4.66. The van der Waals surface area contributed by atoms with Crippen LogP contribution in [0.4, 0.5) is 0 Å². The van der Waals surface area contributed by atoms with Gasteiger partial charge in [0.15, 0.2) is 0 Å². The molecule has 1 aliphatic rings. The average molecular weight is 197 g/mol. The Balaban J connectivity index is 2.65. The average Bonchev–Trinajstić information content (AvgIpc) is 2.17. The van der Waals surface area contributed by atoms with Crippen molar-refractivity contribution in [1.82, 2.24) is 0 Å². The quantitative estimate of drug-likeness (QED) is 0.539. The number of allylic oxidation sites excluding steroid dienone is 2. The summed E-state index contributed by atoms with van der Waals surface area (Å²) in [5, 5.41) is 0. The molecule has 80 valence electrons. The van der Waals surface area contributed by atoms with Gasteiger partial charge in [-0.05, 0) is 38.1 Å². The highest BCUT2D eigenvalue weighted by molar-refractivity contribution is 5.72. The van der Waals surface area contributed by atoms with E-state index in [9.17, 15) is 4.79 Å². The van der Waals surface area contributed by atoms with Crippen LogP contribution in [0.3, 0.4) is 0 Å². The number of rotatable bonds is 2. The fraction of sp³-hybridized carbons (Fsp3) is 0.727. The second-order valence-corrected chi connectivity index (χ2v) is 3.75. The van der Waals surface area contributed by atoms with Crippen LogP contribution in [-0.2, 0) is 9.53 Å². The molecule has 0 amide bonds. The van der Waals surface area contributed by atoms with Crippen LogP contribution in [0, 0.1) is 11.8 Å². The summed E-state index contributed by atoms with van der Waals surface area (Å²) < 4.78 is 4.80. The minimum absolute atomic E-state index is 0.00468. The Morgan fingerprint density at radius 3 is 2.64 bits per heavy atom. The molecule has 14 heavy (non-hydrogen) atoms. The predicted octanol–water partition coefficient (Wildman–Crippen LogP) is 1.48. The number of hydrogen-bond donors (Lipinski definition) is 1. The zero-order chi connectivity index (χ0) is 10.4. The van der Waals surface area contributed by atoms with Crippen molar-refractivity contribution in [1.29, 1.82) is 0 Å². The van der Waals surface area contributed by atoms with E-state index in [1.807, 2.05) is 0 Å². The van der Waals surface area contributed by atoms with E-state index < -0.39 is 0 Å². The maximum absolute atomic E-state index is 11.5. The largest absolute Gasteiger partial charge is 0.469 e. The Bertz CT molecular complexity index is 213. The first-order valence-electron chi connectivity index (χ1n) is 5.22. The molecule has 0 aromatic carbocycles. The lowest BCUT2D eigenvalue weighted by atomic mass is 9.83. The zero-order valence-corrected chi connectivity index (χ0v) is 8.74. The fourth-order valence-electron chi connectivity index (χ4n) is 2.00. The molecular formula is C11H19NO2. The van der Waals surface area contributed by atoms with E-state index in [2.05, 4.69) is 12.2 Å². The summed E-state index contributed by atoms with van der Waals surface area (Å²) in [5.41, 5.74) is 5.67. The second kappa shape index (κ2) is 5.81. The van der Waals surface area contributed by atoms with Crippen LogP contribution in [0.1, 0.15) is 25.7 Å². The summed E-state index contributed by atoms with van der Waals surface area (Å²) in [6.45, 7) is 0.577. The van der Waals surface area contributed by atoms with Crippen molar-refractivity contribution in [2.75, 3.05) is 13.7 Å². The maximum Gasteiger partial charge on any atom is 0.308 e. The molecule has 0 aromatic rings. The van der Waals surface area contributed by atoms with Crippen molar-refractivity contribution < 1.29 is 9.53 Å². The summed E-state index contributed by atoms with van der Waals surface area (Å²) in [7, 11) is 1.45. The zero-order valence-electron chi connectivity index (χ0n) is 8.74. The summed E-state index contributed by atoms with van der Waals surface area (Å²) in [5.74, 6) is 0.179. The fourth-order valence-corrected chi connectivity index (χ4v) is 2.00. The van der Waals surface area contributed by atoms with E-state index in [0.717, 1.165) is 25.7 Å². The number of nitrogens with two attached hydrogens (primary N) is 1. The Hall–Kier alpha value is -0.830. The smallest absolute Gasteiger partial charge is 0.308 e. The highest BCUT2D eigenvalue weighted by Crippen LogP contribution is 2.25. The minimum Gasteiger partial charge on any atom is -0.469 e. The van der Waals surface area contributed by atoms with Gasteiger partial charge in [-0.1, -0.05) is 12.2 Å². The number of esters is 1. The first-order valence-corrected chi connectivity index (χ1v) is 5.22. The number of carbonyl (C=O) groups excluding carboxylic acids is 1. The molecule has 0 saturated carbocycles. The van der Waals surface area contributed by atoms with Gasteiger partial charge < -0.3 is 10.5 Å². The number of ether oxygens (including phenoxy) is 1. The topological polar surface area (TPSA) is 52.3 Å². The number of methoxy groups -OCH3 is 1. The van der Waals surface area contributed by atoms with E-state index in [4.69, 9.17) is 10.5 Å². The van der Waals surface area contributed by atoms with E-state index in [-0.39, 0.29) is 17.8 Å². The van der Waals surface area contributed by atoms with Gasteiger partial charge in [0.1, 0.15) is 0 Å². The lowest BCUT2D eigenvalue weighted by molar-refractivity contribution is -0.147. The van der Waals surface area contributed by atoms with Crippen molar-refractivity contribution in [2.45, 2.75) is 25.7 Å². The van der Waals surface area contributed by atoms with Gasteiger partial charge in [-0.15, -0.1) is 0 Å². The van der Waals surface area contributed by atoms with Gasteiger partial charge in [-0.25, -0.2) is 0 Å². The van der Waals surface area contributed by atoms with E-state index in [1.54, 1.807) is 0 Å². The molecule has 0 bridgehead atoms. The molecule has 1 aliphatic carbocycles. The van der Waals surface area contributed by atoms with Crippen LogP contribution in [0.5, 0.6) is 0 Å². The monoisotopic (exact) mass is 197 g/mol. The van der Waals surface area contributed by atoms with Crippen LogP contribution >= 0.6 is 0 Å². The molecule has 2 N–H and O–H groups in total. The third-order valence-corrected chi connectivity index (χ3v) is 2.89. The Morgan fingerprint density at radius 2 is 2.07 bits per heavy atom. The van der Waals surface area contributed by atoms with Crippen LogP contribution in [0.25, 0.3) is 0 Å². The van der Waals surface area contributed by atoms with Gasteiger partial charge >= 0.3 is 5.97 Å². The van der Waals surface area contributed by atoms with Crippen molar-refractivity contribution >= 4 is 5.97 Å². The lowest BCUT2D eigenvalue weighted by Gasteiger charge is -2.24.